The van der Waals surface area contributed by atoms with E-state index in [2.05, 4.69) is 34.6 Å². The van der Waals surface area contributed by atoms with Crippen molar-refractivity contribution in [2.24, 2.45) is 5.92 Å². The Bertz CT molecular complexity index is 1940. The third kappa shape index (κ3) is 76.3. The molecule has 17 nitrogen and oxygen atoms in total. The maximum atomic E-state index is 13.1. The minimum absolute atomic E-state index is 0.107. The summed E-state index contributed by atoms with van der Waals surface area (Å²) in [5, 5.41) is 10.6. The lowest BCUT2D eigenvalue weighted by Crippen LogP contribution is -2.30. The standard InChI is InChI=1S/C83H162O17P2/c1-6-9-12-15-18-21-24-27-29-31-33-35-37-39-42-44-47-50-56-61-66-80(85)93-72-78(99-82(87)69-64-59-52-49-46-43-40-38-36-34-32-30-28-25-22-19-16-13-10-7-2)74-97-101(89,90)95-70-77(84)71-96-102(91,92)98-75-79(73-94-81(86)67-62-57-54-53-55-60-65-76(4)5)100-83(88)68-63-58-51-48-45-41-26-23-20-17-14-11-8-3/h76-79,84H,6-75H2,1-5H3,(H,89,90)(H,91,92)/t77-,78-,79-/m1/s1. The first-order chi connectivity index (χ1) is 49.5. The Morgan fingerprint density at radius 1 is 0.265 bits per heavy atom. The van der Waals surface area contributed by atoms with Crippen molar-refractivity contribution in [2.75, 3.05) is 39.6 Å². The number of ether oxygens (including phenoxy) is 4. The fourth-order valence-corrected chi connectivity index (χ4v) is 14.5. The van der Waals surface area contributed by atoms with Crippen LogP contribution in [-0.2, 0) is 65.4 Å². The molecule has 0 radical (unpaired) electrons. The summed E-state index contributed by atoms with van der Waals surface area (Å²) in [4.78, 5) is 73.0. The number of rotatable bonds is 83. The molecule has 3 N–H and O–H groups in total. The second kappa shape index (κ2) is 75.9. The molecule has 0 aromatic rings. The number of hydrogen-bond donors (Lipinski definition) is 3. The van der Waals surface area contributed by atoms with Gasteiger partial charge in [0, 0.05) is 25.7 Å². The molecule has 0 amide bonds. The van der Waals surface area contributed by atoms with Crippen LogP contribution in [-0.4, -0.2) is 96.7 Å². The van der Waals surface area contributed by atoms with Crippen molar-refractivity contribution in [3.8, 4) is 0 Å². The number of carbonyl (C=O) groups excluding carboxylic acids is 4. The molecular formula is C83H162O17P2. The molecule has 0 bridgehead atoms. The Labute approximate surface area is 626 Å². The predicted octanol–water partition coefficient (Wildman–Crippen LogP) is 25.2. The van der Waals surface area contributed by atoms with Gasteiger partial charge in [0.05, 0.1) is 26.4 Å². The summed E-state index contributed by atoms with van der Waals surface area (Å²) >= 11 is 0. The van der Waals surface area contributed by atoms with E-state index in [0.29, 0.717) is 31.6 Å². The van der Waals surface area contributed by atoms with E-state index in [1.54, 1.807) is 0 Å². The van der Waals surface area contributed by atoms with Crippen LogP contribution in [0.25, 0.3) is 0 Å². The molecule has 2 unspecified atom stereocenters. The Kier molecular flexibility index (Phi) is 74.4. The average molecular weight is 1490 g/mol. The number of carbonyl (C=O) groups is 4. The highest BCUT2D eigenvalue weighted by Crippen LogP contribution is 2.45. The lowest BCUT2D eigenvalue weighted by Gasteiger charge is -2.21. The maximum absolute atomic E-state index is 13.1. The van der Waals surface area contributed by atoms with E-state index < -0.39 is 97.5 Å². The fraction of sp³-hybridized carbons (Fsp3) is 0.952. The number of esters is 4. The summed E-state index contributed by atoms with van der Waals surface area (Å²) in [6, 6.07) is 0. The zero-order chi connectivity index (χ0) is 74.8. The zero-order valence-electron chi connectivity index (χ0n) is 66.8. The van der Waals surface area contributed by atoms with Gasteiger partial charge in [-0.25, -0.2) is 9.13 Å². The molecule has 0 aliphatic rings. The lowest BCUT2D eigenvalue weighted by atomic mass is 10.0. The molecule has 0 rings (SSSR count). The molecule has 0 heterocycles. The Hall–Kier alpha value is -1.94. The van der Waals surface area contributed by atoms with Crippen LogP contribution < -0.4 is 0 Å². The summed E-state index contributed by atoms with van der Waals surface area (Å²) in [5.41, 5.74) is 0. The molecule has 0 saturated carbocycles. The number of phosphoric acid groups is 2. The number of unbranched alkanes of at least 4 members (excludes halogenated alkanes) is 55. The van der Waals surface area contributed by atoms with Gasteiger partial charge < -0.3 is 33.8 Å². The van der Waals surface area contributed by atoms with Gasteiger partial charge in [-0.2, -0.15) is 0 Å². The van der Waals surface area contributed by atoms with Crippen LogP contribution in [0.15, 0.2) is 0 Å². The second-order valence-electron chi connectivity index (χ2n) is 30.3. The highest BCUT2D eigenvalue weighted by atomic mass is 31.2. The minimum atomic E-state index is -4.96. The second-order valence-corrected chi connectivity index (χ2v) is 33.3. The van der Waals surface area contributed by atoms with Gasteiger partial charge in [-0.05, 0) is 31.6 Å². The Morgan fingerprint density at radius 3 is 0.667 bits per heavy atom. The van der Waals surface area contributed by atoms with Crippen molar-refractivity contribution in [3.63, 3.8) is 0 Å². The SMILES string of the molecule is CCCCCCCCCCCCCCCCCCCCCCC(=O)OC[C@H](COP(=O)(O)OC[C@@H](O)COP(=O)(O)OC[C@@H](COC(=O)CCCCCCCCC(C)C)OC(=O)CCCCCCCCCCCCCCC)OC(=O)CCCCCCCCCCCCCCCCCCCCCC. The van der Waals surface area contributed by atoms with Crippen molar-refractivity contribution in [2.45, 2.75) is 464 Å². The highest BCUT2D eigenvalue weighted by molar-refractivity contribution is 7.47. The van der Waals surface area contributed by atoms with E-state index in [-0.39, 0.29) is 25.7 Å². The van der Waals surface area contributed by atoms with Crippen LogP contribution in [0.2, 0.25) is 0 Å². The summed E-state index contributed by atoms with van der Waals surface area (Å²) in [6.45, 7) is 7.26. The van der Waals surface area contributed by atoms with E-state index in [1.165, 1.54) is 263 Å². The van der Waals surface area contributed by atoms with Crippen LogP contribution >= 0.6 is 15.6 Å². The van der Waals surface area contributed by atoms with E-state index in [0.717, 1.165) is 96.3 Å². The summed E-state index contributed by atoms with van der Waals surface area (Å²) < 4.78 is 68.7. The van der Waals surface area contributed by atoms with Gasteiger partial charge >= 0.3 is 39.5 Å². The third-order valence-electron chi connectivity index (χ3n) is 19.5. The average Bonchev–Trinajstić information content (AvgIpc) is 0.932. The first kappa shape index (κ1) is 100. The maximum Gasteiger partial charge on any atom is 0.472 e. The van der Waals surface area contributed by atoms with Gasteiger partial charge in [-0.3, -0.25) is 37.3 Å². The van der Waals surface area contributed by atoms with Crippen molar-refractivity contribution in [1.29, 1.82) is 0 Å². The van der Waals surface area contributed by atoms with Crippen molar-refractivity contribution in [1.82, 2.24) is 0 Å². The van der Waals surface area contributed by atoms with Gasteiger partial charge in [0.2, 0.25) is 0 Å². The van der Waals surface area contributed by atoms with Gasteiger partial charge in [-0.1, -0.05) is 394 Å². The number of aliphatic hydroxyl groups is 1. The first-order valence-corrected chi connectivity index (χ1v) is 46.1. The molecule has 0 aliphatic carbocycles. The van der Waals surface area contributed by atoms with Crippen LogP contribution in [0.4, 0.5) is 0 Å². The van der Waals surface area contributed by atoms with E-state index in [4.69, 9.17) is 37.0 Å². The smallest absolute Gasteiger partial charge is 0.462 e. The molecule has 0 spiro atoms. The van der Waals surface area contributed by atoms with Crippen molar-refractivity contribution >= 4 is 39.5 Å². The normalized spacial score (nSPS) is 13.8. The molecule has 0 fully saturated rings. The Morgan fingerprint density at radius 2 is 0.451 bits per heavy atom. The summed E-state index contributed by atoms with van der Waals surface area (Å²) in [7, 11) is -9.92. The molecule has 0 aromatic carbocycles. The zero-order valence-corrected chi connectivity index (χ0v) is 68.5. The predicted molar refractivity (Wildman–Crippen MR) is 418 cm³/mol. The van der Waals surface area contributed by atoms with Gasteiger partial charge in [0.15, 0.2) is 12.2 Å². The first-order valence-electron chi connectivity index (χ1n) is 43.1. The molecule has 19 heteroatoms. The van der Waals surface area contributed by atoms with Crippen LogP contribution in [0, 0.1) is 5.92 Å². The quantitative estimate of drug-likeness (QED) is 0.0222. The van der Waals surface area contributed by atoms with Crippen LogP contribution in [0.1, 0.15) is 446 Å². The lowest BCUT2D eigenvalue weighted by molar-refractivity contribution is -0.161. The molecule has 5 atom stereocenters. The number of hydrogen-bond acceptors (Lipinski definition) is 15. The summed E-state index contributed by atoms with van der Waals surface area (Å²) in [6.07, 6.45) is 68.3. The van der Waals surface area contributed by atoms with Crippen LogP contribution in [0.5, 0.6) is 0 Å². The van der Waals surface area contributed by atoms with E-state index >= 15 is 0 Å². The fourth-order valence-electron chi connectivity index (χ4n) is 12.9. The minimum Gasteiger partial charge on any atom is -0.462 e. The van der Waals surface area contributed by atoms with Crippen LogP contribution in [0.3, 0.4) is 0 Å². The van der Waals surface area contributed by atoms with Crippen molar-refractivity contribution < 1.29 is 80.2 Å². The molecule has 0 aliphatic heterocycles. The van der Waals surface area contributed by atoms with Gasteiger partial charge in [0.25, 0.3) is 0 Å². The summed E-state index contributed by atoms with van der Waals surface area (Å²) in [5.74, 6) is -1.43. The van der Waals surface area contributed by atoms with E-state index in [1.807, 2.05) is 0 Å². The molecular weight excluding hydrogens is 1330 g/mol. The largest absolute Gasteiger partial charge is 0.472 e. The number of phosphoric ester groups is 2. The topological polar surface area (TPSA) is 237 Å². The molecule has 606 valence electrons. The molecule has 0 saturated heterocycles. The Balaban J connectivity index is 5.20. The van der Waals surface area contributed by atoms with E-state index in [9.17, 15) is 43.2 Å². The number of aliphatic hydroxyl groups excluding tert-OH is 1. The van der Waals surface area contributed by atoms with Gasteiger partial charge in [-0.15, -0.1) is 0 Å². The van der Waals surface area contributed by atoms with Gasteiger partial charge in [0.1, 0.15) is 19.3 Å². The molecule has 0 aromatic heterocycles. The third-order valence-corrected chi connectivity index (χ3v) is 21.4. The molecule has 102 heavy (non-hydrogen) atoms. The highest BCUT2D eigenvalue weighted by Gasteiger charge is 2.30. The monoisotopic (exact) mass is 1490 g/mol. The van der Waals surface area contributed by atoms with Crippen molar-refractivity contribution in [3.05, 3.63) is 0 Å².